The molecular weight excluding hydrogens is 443 g/mol. The second-order valence-electron chi connectivity index (χ2n) is 8.43. The number of carbonyl (C=O) groups excluding carboxylic acids is 1. The van der Waals surface area contributed by atoms with E-state index in [0.717, 1.165) is 37.8 Å². The fourth-order valence-corrected chi connectivity index (χ4v) is 3.92. The average Bonchev–Trinajstić information content (AvgIpc) is 3.10. The van der Waals surface area contributed by atoms with Crippen molar-refractivity contribution in [3.8, 4) is 17.2 Å². The third-order valence-electron chi connectivity index (χ3n) is 5.54. The van der Waals surface area contributed by atoms with Gasteiger partial charge in [-0.2, -0.15) is 0 Å². The number of ether oxygens (including phenoxy) is 2. The number of alkyl halides is 3. The molecule has 33 heavy (non-hydrogen) atoms. The van der Waals surface area contributed by atoms with Crippen molar-refractivity contribution in [2.45, 2.75) is 58.9 Å². The van der Waals surface area contributed by atoms with Crippen LogP contribution in [0.3, 0.4) is 0 Å². The van der Waals surface area contributed by atoms with E-state index >= 15 is 0 Å². The molecule has 3 rings (SSSR count). The summed E-state index contributed by atoms with van der Waals surface area (Å²) in [4.78, 5) is 26.0. The van der Waals surface area contributed by atoms with Crippen LogP contribution >= 0.6 is 0 Å². The number of carboxylic acid groups (broad SMARTS) is 1. The number of amides is 1. The van der Waals surface area contributed by atoms with Gasteiger partial charge < -0.3 is 14.6 Å². The molecule has 1 aromatic heterocycles. The summed E-state index contributed by atoms with van der Waals surface area (Å²) in [6.07, 6.45) is -1.79. The zero-order valence-electron chi connectivity index (χ0n) is 18.5. The van der Waals surface area contributed by atoms with Crippen molar-refractivity contribution in [1.29, 1.82) is 0 Å². The van der Waals surface area contributed by atoms with Gasteiger partial charge in [0.25, 0.3) is 0 Å². The molecule has 1 heterocycles. The van der Waals surface area contributed by atoms with Crippen molar-refractivity contribution in [1.82, 2.24) is 9.78 Å². The lowest BCUT2D eigenvalue weighted by Gasteiger charge is -2.32. The van der Waals surface area contributed by atoms with Gasteiger partial charge in [-0.15, -0.1) is 18.3 Å². The van der Waals surface area contributed by atoms with Crippen LogP contribution in [0.15, 0.2) is 30.5 Å². The molecule has 2 aromatic rings. The van der Waals surface area contributed by atoms with Crippen LogP contribution in [0.1, 0.15) is 46.5 Å². The zero-order chi connectivity index (χ0) is 24.3. The van der Waals surface area contributed by atoms with Crippen LogP contribution in [0.5, 0.6) is 11.5 Å². The summed E-state index contributed by atoms with van der Waals surface area (Å²) >= 11 is 0. The maximum atomic E-state index is 13.4. The Morgan fingerprint density at radius 3 is 2.27 bits per heavy atom. The molecule has 1 aliphatic rings. The highest BCUT2D eigenvalue weighted by molar-refractivity contribution is 5.96. The summed E-state index contributed by atoms with van der Waals surface area (Å²) in [5.74, 6) is -0.338. The van der Waals surface area contributed by atoms with Crippen LogP contribution in [0.4, 0.5) is 23.8 Å². The maximum Gasteiger partial charge on any atom is 0.573 e. The van der Waals surface area contributed by atoms with Gasteiger partial charge in [-0.1, -0.05) is 6.92 Å². The first kappa shape index (κ1) is 24.4. The van der Waals surface area contributed by atoms with E-state index in [1.807, 2.05) is 0 Å². The SMILES string of the molecule is CC(C)N(c1nn(-c2ccc(OC(F)(F)F)cc2)cc1OC(=O)O)C(=O)[C@H]1CC[C@H](C)CC1. The smallest absolute Gasteiger partial charge is 0.449 e. The average molecular weight is 469 g/mol. The monoisotopic (exact) mass is 469 g/mol. The lowest BCUT2D eigenvalue weighted by atomic mass is 9.82. The van der Waals surface area contributed by atoms with Crippen molar-refractivity contribution < 1.29 is 37.3 Å². The minimum absolute atomic E-state index is 0.0339. The van der Waals surface area contributed by atoms with E-state index in [9.17, 15) is 22.8 Å². The number of halogens is 3. The molecule has 1 amide bonds. The van der Waals surface area contributed by atoms with E-state index in [0.29, 0.717) is 11.6 Å². The molecule has 0 saturated heterocycles. The minimum Gasteiger partial charge on any atom is -0.449 e. The van der Waals surface area contributed by atoms with Crippen LogP contribution in [-0.4, -0.2) is 39.4 Å². The van der Waals surface area contributed by atoms with E-state index in [-0.39, 0.29) is 29.4 Å². The Bertz CT molecular complexity index is 980. The van der Waals surface area contributed by atoms with Crippen LogP contribution in [0, 0.1) is 11.8 Å². The second kappa shape index (κ2) is 9.72. The first-order valence-electron chi connectivity index (χ1n) is 10.6. The van der Waals surface area contributed by atoms with Crippen molar-refractivity contribution in [3.63, 3.8) is 0 Å². The number of carbonyl (C=O) groups is 2. The molecule has 11 heteroatoms. The van der Waals surface area contributed by atoms with Crippen molar-refractivity contribution in [3.05, 3.63) is 30.5 Å². The Morgan fingerprint density at radius 2 is 1.76 bits per heavy atom. The number of rotatable bonds is 6. The first-order chi connectivity index (χ1) is 15.4. The third-order valence-corrected chi connectivity index (χ3v) is 5.54. The fraction of sp³-hybridized carbons (Fsp3) is 0.500. The molecule has 0 aliphatic heterocycles. The summed E-state index contributed by atoms with van der Waals surface area (Å²) in [7, 11) is 0. The normalized spacial score (nSPS) is 18.8. The number of aromatic nitrogens is 2. The molecule has 1 fully saturated rings. The minimum atomic E-state index is -4.82. The number of nitrogens with zero attached hydrogens (tertiary/aromatic N) is 3. The largest absolute Gasteiger partial charge is 0.573 e. The fourth-order valence-electron chi connectivity index (χ4n) is 3.92. The molecule has 1 saturated carbocycles. The van der Waals surface area contributed by atoms with E-state index in [1.54, 1.807) is 13.8 Å². The van der Waals surface area contributed by atoms with Gasteiger partial charge in [-0.3, -0.25) is 9.69 Å². The Hall–Kier alpha value is -3.24. The van der Waals surface area contributed by atoms with Crippen molar-refractivity contribution in [2.24, 2.45) is 11.8 Å². The first-order valence-corrected chi connectivity index (χ1v) is 10.6. The molecule has 0 bridgehead atoms. The summed E-state index contributed by atoms with van der Waals surface area (Å²) < 4.78 is 47.2. The number of benzene rings is 1. The van der Waals surface area contributed by atoms with E-state index in [1.165, 1.54) is 27.9 Å². The topological polar surface area (TPSA) is 93.9 Å². The molecule has 8 nitrogen and oxygen atoms in total. The molecule has 1 aromatic carbocycles. The second-order valence-corrected chi connectivity index (χ2v) is 8.43. The molecule has 180 valence electrons. The molecule has 0 atom stereocenters. The molecule has 1 aliphatic carbocycles. The molecular formula is C22H26F3N3O5. The van der Waals surface area contributed by atoms with Gasteiger partial charge in [0, 0.05) is 12.0 Å². The Balaban J connectivity index is 1.94. The molecule has 0 radical (unpaired) electrons. The highest BCUT2D eigenvalue weighted by atomic mass is 19.4. The van der Waals surface area contributed by atoms with Gasteiger partial charge in [-0.25, -0.2) is 9.48 Å². The maximum absolute atomic E-state index is 13.4. The summed E-state index contributed by atoms with van der Waals surface area (Å²) in [5, 5.41) is 13.5. The van der Waals surface area contributed by atoms with Gasteiger partial charge in [0.05, 0.1) is 11.9 Å². The Labute approximate surface area is 188 Å². The highest BCUT2D eigenvalue weighted by Gasteiger charge is 2.34. The van der Waals surface area contributed by atoms with Gasteiger partial charge in [0.15, 0.2) is 5.75 Å². The van der Waals surface area contributed by atoms with Crippen LogP contribution in [0.25, 0.3) is 5.69 Å². The van der Waals surface area contributed by atoms with Gasteiger partial charge in [0.1, 0.15) is 5.75 Å². The summed E-state index contributed by atoms with van der Waals surface area (Å²) in [6.45, 7) is 5.72. The standard InChI is InChI=1S/C22H26F3N3O5/c1-13(2)28(20(29)15-6-4-14(3)5-7-15)19-18(32-21(30)31)12-27(26-19)16-8-10-17(11-9-16)33-22(23,24)25/h8-15H,4-7H2,1-3H3,(H,30,31)/t14-,15-. The van der Waals surface area contributed by atoms with Gasteiger partial charge in [0.2, 0.25) is 11.7 Å². The molecule has 1 N–H and O–H groups in total. The predicted molar refractivity (Wildman–Crippen MR) is 113 cm³/mol. The predicted octanol–water partition coefficient (Wildman–Crippen LogP) is 5.40. The molecule has 0 spiro atoms. The van der Waals surface area contributed by atoms with Crippen LogP contribution in [0.2, 0.25) is 0 Å². The van der Waals surface area contributed by atoms with Crippen LogP contribution in [-0.2, 0) is 4.79 Å². The van der Waals surface area contributed by atoms with Crippen LogP contribution < -0.4 is 14.4 Å². The summed E-state index contributed by atoms with van der Waals surface area (Å²) in [6, 6.07) is 4.53. The van der Waals surface area contributed by atoms with Gasteiger partial charge in [-0.05, 0) is 69.7 Å². The van der Waals surface area contributed by atoms with E-state index < -0.39 is 18.3 Å². The van der Waals surface area contributed by atoms with Gasteiger partial charge >= 0.3 is 12.5 Å². The lowest BCUT2D eigenvalue weighted by Crippen LogP contribution is -2.42. The highest BCUT2D eigenvalue weighted by Crippen LogP contribution is 2.35. The Morgan fingerprint density at radius 1 is 1.15 bits per heavy atom. The number of anilines is 1. The quantitative estimate of drug-likeness (QED) is 0.570. The summed E-state index contributed by atoms with van der Waals surface area (Å²) in [5.41, 5.74) is 0.327. The van der Waals surface area contributed by atoms with E-state index in [4.69, 9.17) is 9.84 Å². The van der Waals surface area contributed by atoms with Crippen molar-refractivity contribution in [2.75, 3.05) is 4.90 Å². The number of hydrogen-bond donors (Lipinski definition) is 1. The van der Waals surface area contributed by atoms with E-state index in [2.05, 4.69) is 16.8 Å². The number of hydrogen-bond acceptors (Lipinski definition) is 5. The zero-order valence-corrected chi connectivity index (χ0v) is 18.5. The lowest BCUT2D eigenvalue weighted by molar-refractivity contribution is -0.274. The van der Waals surface area contributed by atoms with Crippen molar-refractivity contribution >= 4 is 17.9 Å². The molecule has 0 unspecified atom stereocenters. The third kappa shape index (κ3) is 6.17. The Kier molecular flexibility index (Phi) is 7.19.